The summed E-state index contributed by atoms with van der Waals surface area (Å²) in [4.78, 5) is 37.3. The van der Waals surface area contributed by atoms with Crippen molar-refractivity contribution >= 4 is 34.9 Å². The average Bonchev–Trinajstić information content (AvgIpc) is 3.22. The van der Waals surface area contributed by atoms with E-state index in [2.05, 4.69) is 0 Å². The number of ether oxygens (including phenoxy) is 3. The number of carbonyl (C=O) groups excluding carboxylic acids is 3. The normalized spacial score (nSPS) is 18.1. The molecule has 2 aliphatic rings. The zero-order chi connectivity index (χ0) is 20.6. The molecule has 1 aliphatic heterocycles. The smallest absolute Gasteiger partial charge is 0.348 e. The number of hydrogen-bond donors (Lipinski definition) is 0. The molecule has 1 spiro atoms. The van der Waals surface area contributed by atoms with E-state index in [1.807, 2.05) is 35.8 Å². The Morgan fingerprint density at radius 2 is 1.83 bits per heavy atom. The average molecular weight is 397 g/mol. The molecule has 7 nitrogen and oxygen atoms in total. The van der Waals surface area contributed by atoms with Gasteiger partial charge in [0.05, 0.1) is 6.61 Å². The van der Waals surface area contributed by atoms with Gasteiger partial charge in [0.15, 0.2) is 0 Å². The van der Waals surface area contributed by atoms with E-state index in [4.69, 9.17) is 14.2 Å². The number of hydrogen-bond acceptors (Lipinski definition) is 6. The number of carbonyl (C=O) groups is 3. The largest absolute Gasteiger partial charge is 0.465 e. The summed E-state index contributed by atoms with van der Waals surface area (Å²) in [6, 6.07) is 7.50. The molecule has 0 unspecified atom stereocenters. The molecular weight excluding hydrogens is 374 g/mol. The Morgan fingerprint density at radius 3 is 2.48 bits per heavy atom. The minimum atomic E-state index is -1.10. The highest BCUT2D eigenvalue weighted by Crippen LogP contribution is 2.39. The van der Waals surface area contributed by atoms with Crippen LogP contribution in [0.15, 0.2) is 29.8 Å². The monoisotopic (exact) mass is 397 g/mol. The second-order valence-electron chi connectivity index (χ2n) is 7.36. The summed E-state index contributed by atoms with van der Waals surface area (Å²) >= 11 is 0. The molecule has 0 bridgehead atoms. The molecule has 0 amide bonds. The van der Waals surface area contributed by atoms with Crippen molar-refractivity contribution in [1.82, 2.24) is 4.57 Å². The minimum Gasteiger partial charge on any atom is -0.465 e. The van der Waals surface area contributed by atoms with Crippen molar-refractivity contribution in [1.29, 1.82) is 0 Å². The Bertz CT molecular complexity index is 1000. The molecule has 1 aliphatic carbocycles. The van der Waals surface area contributed by atoms with Crippen molar-refractivity contribution in [2.45, 2.75) is 51.9 Å². The van der Waals surface area contributed by atoms with Gasteiger partial charge in [-0.1, -0.05) is 18.2 Å². The number of nitrogens with zero attached hydrogens (tertiary/aromatic N) is 1. The number of rotatable bonds is 4. The maximum absolute atomic E-state index is 12.6. The molecule has 152 valence electrons. The third-order valence-corrected chi connectivity index (χ3v) is 5.52. The van der Waals surface area contributed by atoms with Crippen LogP contribution in [0, 0.1) is 6.92 Å². The number of para-hydroxylation sites is 1. The van der Waals surface area contributed by atoms with Crippen LogP contribution in [0.5, 0.6) is 0 Å². The highest BCUT2D eigenvalue weighted by atomic mass is 16.7. The quantitative estimate of drug-likeness (QED) is 0.447. The number of esters is 3. The van der Waals surface area contributed by atoms with E-state index in [9.17, 15) is 14.4 Å². The fraction of sp³-hybridized carbons (Fsp3) is 0.409. The van der Waals surface area contributed by atoms with Crippen LogP contribution in [0.25, 0.3) is 17.0 Å². The van der Waals surface area contributed by atoms with Crippen molar-refractivity contribution in [3.05, 3.63) is 41.1 Å². The van der Waals surface area contributed by atoms with Crippen LogP contribution in [0.3, 0.4) is 0 Å². The van der Waals surface area contributed by atoms with Gasteiger partial charge in [-0.2, -0.15) is 0 Å². The third-order valence-electron chi connectivity index (χ3n) is 5.52. The molecule has 0 N–H and O–H groups in total. The van der Waals surface area contributed by atoms with Gasteiger partial charge in [-0.25, -0.2) is 9.59 Å². The molecule has 2 fully saturated rings. The van der Waals surface area contributed by atoms with Gasteiger partial charge in [-0.05, 0) is 38.8 Å². The maximum Gasteiger partial charge on any atom is 0.348 e. The molecule has 1 aromatic heterocycles. The predicted molar refractivity (Wildman–Crippen MR) is 105 cm³/mol. The molecule has 0 radical (unpaired) electrons. The Labute approximate surface area is 168 Å². The summed E-state index contributed by atoms with van der Waals surface area (Å²) < 4.78 is 17.9. The fourth-order valence-corrected chi connectivity index (χ4v) is 4.11. The summed E-state index contributed by atoms with van der Waals surface area (Å²) in [5.41, 5.74) is 2.10. The Balaban J connectivity index is 1.74. The van der Waals surface area contributed by atoms with E-state index in [-0.39, 0.29) is 18.1 Å². The van der Waals surface area contributed by atoms with Crippen LogP contribution in [0.1, 0.15) is 43.9 Å². The van der Waals surface area contributed by atoms with Gasteiger partial charge in [0, 0.05) is 35.0 Å². The topological polar surface area (TPSA) is 83.8 Å². The van der Waals surface area contributed by atoms with E-state index in [0.29, 0.717) is 25.0 Å². The van der Waals surface area contributed by atoms with Crippen molar-refractivity contribution in [2.75, 3.05) is 6.61 Å². The van der Waals surface area contributed by atoms with E-state index < -0.39 is 17.7 Å². The van der Waals surface area contributed by atoms with Crippen molar-refractivity contribution in [3.63, 3.8) is 0 Å². The molecule has 29 heavy (non-hydrogen) atoms. The van der Waals surface area contributed by atoms with Crippen LogP contribution in [0.4, 0.5) is 0 Å². The minimum absolute atomic E-state index is 0.0430. The van der Waals surface area contributed by atoms with Crippen LogP contribution in [0.2, 0.25) is 0 Å². The first kappa shape index (κ1) is 19.2. The molecule has 0 atom stereocenters. The summed E-state index contributed by atoms with van der Waals surface area (Å²) in [7, 11) is 0. The predicted octanol–water partition coefficient (Wildman–Crippen LogP) is 3.27. The van der Waals surface area contributed by atoms with Crippen LogP contribution >= 0.6 is 0 Å². The van der Waals surface area contributed by atoms with E-state index in [1.165, 1.54) is 6.08 Å². The highest BCUT2D eigenvalue weighted by molar-refractivity contribution is 6.19. The Morgan fingerprint density at radius 1 is 1.17 bits per heavy atom. The van der Waals surface area contributed by atoms with Crippen molar-refractivity contribution in [2.24, 2.45) is 0 Å². The maximum atomic E-state index is 12.6. The first-order valence-corrected chi connectivity index (χ1v) is 9.86. The van der Waals surface area contributed by atoms with Crippen molar-refractivity contribution < 1.29 is 28.6 Å². The Kier molecular flexibility index (Phi) is 4.90. The molecule has 2 heterocycles. The van der Waals surface area contributed by atoms with Gasteiger partial charge in [0.25, 0.3) is 5.79 Å². The first-order valence-electron chi connectivity index (χ1n) is 9.86. The molecular formula is C22H23NO6. The number of fused-ring (bicyclic) bond motifs is 1. The van der Waals surface area contributed by atoms with Crippen LogP contribution in [-0.4, -0.2) is 34.9 Å². The zero-order valence-corrected chi connectivity index (χ0v) is 16.5. The first-order chi connectivity index (χ1) is 13.9. The number of benzene rings is 1. The lowest BCUT2D eigenvalue weighted by Gasteiger charge is -2.32. The lowest BCUT2D eigenvalue weighted by atomic mass is 10.1. The lowest BCUT2D eigenvalue weighted by Crippen LogP contribution is -2.44. The second kappa shape index (κ2) is 7.39. The number of aromatic nitrogens is 1. The third kappa shape index (κ3) is 3.41. The zero-order valence-electron chi connectivity index (χ0n) is 16.5. The van der Waals surface area contributed by atoms with E-state index in [0.717, 1.165) is 29.4 Å². The lowest BCUT2D eigenvalue weighted by molar-refractivity contribution is -0.232. The molecule has 2 aromatic rings. The highest BCUT2D eigenvalue weighted by Gasteiger charge is 2.48. The second-order valence-corrected chi connectivity index (χ2v) is 7.36. The van der Waals surface area contributed by atoms with Gasteiger partial charge < -0.3 is 18.8 Å². The molecule has 4 rings (SSSR count). The summed E-state index contributed by atoms with van der Waals surface area (Å²) in [6.45, 7) is 3.93. The molecule has 7 heteroatoms. The van der Waals surface area contributed by atoms with Crippen LogP contribution in [-0.2, 0) is 35.1 Å². The SMILES string of the molecule is CCOC(=O)Cn1c(C)c(C=C2C(=O)OC3(CCCC3)OC2=O)c2ccccc21. The van der Waals surface area contributed by atoms with Crippen LogP contribution < -0.4 is 0 Å². The van der Waals surface area contributed by atoms with Gasteiger partial charge in [0.2, 0.25) is 0 Å². The Hall–Kier alpha value is -3.09. The van der Waals surface area contributed by atoms with E-state index >= 15 is 0 Å². The van der Waals surface area contributed by atoms with E-state index in [1.54, 1.807) is 6.92 Å². The van der Waals surface area contributed by atoms with Gasteiger partial charge in [-0.15, -0.1) is 0 Å². The van der Waals surface area contributed by atoms with Gasteiger partial charge in [-0.3, -0.25) is 4.79 Å². The van der Waals surface area contributed by atoms with Gasteiger partial charge >= 0.3 is 17.9 Å². The van der Waals surface area contributed by atoms with Gasteiger partial charge in [0.1, 0.15) is 12.1 Å². The molecule has 1 aromatic carbocycles. The standard InChI is InChI=1S/C22H23NO6/c1-3-27-19(24)13-23-14(2)16(15-8-4-5-9-18(15)23)12-17-20(25)28-22(29-21(17)26)10-6-7-11-22/h4-5,8-9,12H,3,6-7,10-11,13H2,1-2H3. The summed E-state index contributed by atoms with van der Waals surface area (Å²) in [5.74, 6) is -2.77. The summed E-state index contributed by atoms with van der Waals surface area (Å²) in [6.07, 6.45) is 4.30. The fourth-order valence-electron chi connectivity index (χ4n) is 4.11. The molecule has 1 saturated carbocycles. The van der Waals surface area contributed by atoms with Crippen molar-refractivity contribution in [3.8, 4) is 0 Å². The molecule has 1 saturated heterocycles. The summed E-state index contributed by atoms with van der Waals surface area (Å²) in [5, 5.41) is 0.823.